The molecule has 7 nitrogen and oxygen atoms in total. The summed E-state index contributed by atoms with van der Waals surface area (Å²) in [5.41, 5.74) is 5.03. The fourth-order valence-electron chi connectivity index (χ4n) is 3.40. The predicted octanol–water partition coefficient (Wildman–Crippen LogP) is 1.42. The molecule has 1 saturated carbocycles. The van der Waals surface area contributed by atoms with E-state index in [2.05, 4.69) is 4.98 Å². The maximum atomic E-state index is 14.3. The summed E-state index contributed by atoms with van der Waals surface area (Å²) in [7, 11) is 1.48. The van der Waals surface area contributed by atoms with Crippen molar-refractivity contribution in [3.8, 4) is 5.75 Å². The standard InChI is InChI=1S/C17H20FN3O4/c1-21-13(22)6-5-11-14(21)15(10(18)8-20-11)25-9-17(16(23)24)7-3-2-4-12(17)19/h5-6,8,12H,2-4,7,9,19H2,1H3,(H,23,24). The van der Waals surface area contributed by atoms with Gasteiger partial charge in [0.1, 0.15) is 17.5 Å². The molecule has 1 aliphatic carbocycles. The number of pyridine rings is 2. The smallest absolute Gasteiger partial charge is 0.314 e. The zero-order valence-electron chi connectivity index (χ0n) is 13.9. The van der Waals surface area contributed by atoms with Crippen LogP contribution in [-0.4, -0.2) is 33.3 Å². The third-order valence-corrected chi connectivity index (χ3v) is 5.04. The molecule has 1 aliphatic rings. The fourth-order valence-corrected chi connectivity index (χ4v) is 3.40. The molecule has 0 bridgehead atoms. The molecule has 2 heterocycles. The van der Waals surface area contributed by atoms with E-state index in [1.54, 1.807) is 0 Å². The lowest BCUT2D eigenvalue weighted by atomic mass is 9.71. The van der Waals surface area contributed by atoms with Gasteiger partial charge in [-0.05, 0) is 18.9 Å². The van der Waals surface area contributed by atoms with Crippen molar-refractivity contribution in [2.45, 2.75) is 31.7 Å². The van der Waals surface area contributed by atoms with Crippen molar-refractivity contribution >= 4 is 17.0 Å². The first-order valence-electron chi connectivity index (χ1n) is 8.13. The minimum Gasteiger partial charge on any atom is -0.487 e. The summed E-state index contributed by atoms with van der Waals surface area (Å²) in [4.78, 5) is 27.7. The summed E-state index contributed by atoms with van der Waals surface area (Å²) in [5.74, 6) is -1.98. The van der Waals surface area contributed by atoms with Crippen LogP contribution in [-0.2, 0) is 11.8 Å². The van der Waals surface area contributed by atoms with E-state index >= 15 is 0 Å². The summed E-state index contributed by atoms with van der Waals surface area (Å²) in [6.45, 7) is -0.261. The Balaban J connectivity index is 2.03. The summed E-state index contributed by atoms with van der Waals surface area (Å²) in [6, 6.07) is 2.23. The maximum Gasteiger partial charge on any atom is 0.314 e. The molecule has 134 valence electrons. The average Bonchev–Trinajstić information content (AvgIpc) is 2.58. The SMILES string of the molecule is Cn1c(=O)ccc2ncc(F)c(OCC3(C(=O)O)CCCCC3N)c21. The summed E-state index contributed by atoms with van der Waals surface area (Å²) < 4.78 is 21.2. The number of carboxylic acids is 1. The molecule has 0 radical (unpaired) electrons. The van der Waals surface area contributed by atoms with Gasteiger partial charge in [0.15, 0.2) is 11.6 Å². The lowest BCUT2D eigenvalue weighted by molar-refractivity contribution is -0.154. The van der Waals surface area contributed by atoms with Gasteiger partial charge in [-0.1, -0.05) is 12.8 Å². The largest absolute Gasteiger partial charge is 0.487 e. The third kappa shape index (κ3) is 2.86. The van der Waals surface area contributed by atoms with E-state index in [0.29, 0.717) is 18.4 Å². The van der Waals surface area contributed by atoms with E-state index in [-0.39, 0.29) is 23.4 Å². The molecule has 0 aliphatic heterocycles. The Kier molecular flexibility index (Phi) is 4.47. The Hall–Kier alpha value is -2.48. The van der Waals surface area contributed by atoms with Crippen molar-refractivity contribution in [3.63, 3.8) is 0 Å². The number of hydrogen-bond donors (Lipinski definition) is 2. The first-order valence-corrected chi connectivity index (χ1v) is 8.13. The van der Waals surface area contributed by atoms with E-state index in [0.717, 1.165) is 19.0 Å². The number of halogens is 1. The van der Waals surface area contributed by atoms with Crippen LogP contribution in [0, 0.1) is 11.2 Å². The zero-order valence-corrected chi connectivity index (χ0v) is 13.9. The maximum absolute atomic E-state index is 14.3. The number of aliphatic carboxylic acids is 1. The molecule has 2 atom stereocenters. The second-order valence-corrected chi connectivity index (χ2v) is 6.50. The Labute approximate surface area is 143 Å². The molecule has 0 amide bonds. The molecule has 1 fully saturated rings. The predicted molar refractivity (Wildman–Crippen MR) is 88.9 cm³/mol. The normalized spacial score (nSPS) is 23.6. The van der Waals surface area contributed by atoms with Gasteiger partial charge >= 0.3 is 5.97 Å². The number of aromatic nitrogens is 2. The Morgan fingerprint density at radius 1 is 1.52 bits per heavy atom. The molecule has 0 saturated heterocycles. The average molecular weight is 349 g/mol. The van der Waals surface area contributed by atoms with E-state index in [1.807, 2.05) is 0 Å². The van der Waals surface area contributed by atoms with Crippen LogP contribution in [0.1, 0.15) is 25.7 Å². The summed E-state index contributed by atoms with van der Waals surface area (Å²) in [6.07, 6.45) is 3.52. The Morgan fingerprint density at radius 2 is 2.28 bits per heavy atom. The summed E-state index contributed by atoms with van der Waals surface area (Å²) >= 11 is 0. The lowest BCUT2D eigenvalue weighted by Crippen LogP contribution is -2.53. The van der Waals surface area contributed by atoms with Gasteiger partial charge < -0.3 is 20.1 Å². The molecule has 3 rings (SSSR count). The van der Waals surface area contributed by atoms with Crippen LogP contribution < -0.4 is 16.0 Å². The third-order valence-electron chi connectivity index (χ3n) is 5.04. The van der Waals surface area contributed by atoms with E-state index in [1.165, 1.54) is 23.7 Å². The van der Waals surface area contributed by atoms with Crippen LogP contribution in [0.2, 0.25) is 0 Å². The second-order valence-electron chi connectivity index (χ2n) is 6.50. The minimum atomic E-state index is -1.27. The number of fused-ring (bicyclic) bond motifs is 1. The van der Waals surface area contributed by atoms with Gasteiger partial charge in [-0.25, -0.2) is 4.39 Å². The van der Waals surface area contributed by atoms with Crippen LogP contribution in [0.3, 0.4) is 0 Å². The second kappa shape index (κ2) is 6.44. The number of aryl methyl sites for hydroxylation is 1. The van der Waals surface area contributed by atoms with Crippen LogP contribution >= 0.6 is 0 Å². The lowest BCUT2D eigenvalue weighted by Gasteiger charge is -2.38. The molecule has 2 aromatic heterocycles. The van der Waals surface area contributed by atoms with Gasteiger partial charge in [0.05, 0.1) is 11.7 Å². The van der Waals surface area contributed by atoms with Gasteiger partial charge in [-0.3, -0.25) is 14.6 Å². The van der Waals surface area contributed by atoms with Gasteiger partial charge in [0.25, 0.3) is 5.56 Å². The van der Waals surface area contributed by atoms with Crippen molar-refractivity contribution in [2.24, 2.45) is 18.2 Å². The molecule has 0 spiro atoms. The molecule has 25 heavy (non-hydrogen) atoms. The van der Waals surface area contributed by atoms with Crippen molar-refractivity contribution < 1.29 is 19.0 Å². The van der Waals surface area contributed by atoms with Gasteiger partial charge in [0, 0.05) is 19.2 Å². The van der Waals surface area contributed by atoms with Crippen LogP contribution in [0.15, 0.2) is 23.1 Å². The number of ether oxygens (including phenoxy) is 1. The highest BCUT2D eigenvalue weighted by molar-refractivity contribution is 5.81. The quantitative estimate of drug-likeness (QED) is 0.864. The molecule has 2 aromatic rings. The highest BCUT2D eigenvalue weighted by Crippen LogP contribution is 2.37. The highest BCUT2D eigenvalue weighted by atomic mass is 19.1. The summed E-state index contributed by atoms with van der Waals surface area (Å²) in [5, 5.41) is 9.70. The van der Waals surface area contributed by atoms with E-state index in [9.17, 15) is 19.1 Å². The van der Waals surface area contributed by atoms with Crippen molar-refractivity contribution in [1.29, 1.82) is 0 Å². The highest BCUT2D eigenvalue weighted by Gasteiger charge is 2.46. The number of carbonyl (C=O) groups is 1. The van der Waals surface area contributed by atoms with Gasteiger partial charge in [0.2, 0.25) is 0 Å². The molecular formula is C17H20FN3O4. The van der Waals surface area contributed by atoms with Crippen LogP contribution in [0.4, 0.5) is 4.39 Å². The molecule has 0 aromatic carbocycles. The molecule has 3 N–H and O–H groups in total. The van der Waals surface area contributed by atoms with Crippen molar-refractivity contribution in [2.75, 3.05) is 6.61 Å². The van der Waals surface area contributed by atoms with Crippen LogP contribution in [0.5, 0.6) is 5.75 Å². The topological polar surface area (TPSA) is 107 Å². The minimum absolute atomic E-state index is 0.177. The molecule has 8 heteroatoms. The zero-order chi connectivity index (χ0) is 18.2. The Bertz CT molecular complexity index is 882. The Morgan fingerprint density at radius 3 is 2.96 bits per heavy atom. The number of rotatable bonds is 4. The fraction of sp³-hybridized carbons (Fsp3) is 0.471. The van der Waals surface area contributed by atoms with Crippen molar-refractivity contribution in [1.82, 2.24) is 9.55 Å². The number of carboxylic acid groups (broad SMARTS) is 1. The van der Waals surface area contributed by atoms with E-state index < -0.39 is 23.2 Å². The number of nitrogens with zero attached hydrogens (tertiary/aromatic N) is 2. The van der Waals surface area contributed by atoms with E-state index in [4.69, 9.17) is 10.5 Å². The van der Waals surface area contributed by atoms with Gasteiger partial charge in [-0.15, -0.1) is 0 Å². The van der Waals surface area contributed by atoms with Crippen molar-refractivity contribution in [3.05, 3.63) is 34.5 Å². The number of nitrogens with two attached hydrogens (primary N) is 1. The number of hydrogen-bond acceptors (Lipinski definition) is 5. The van der Waals surface area contributed by atoms with Gasteiger partial charge in [-0.2, -0.15) is 0 Å². The van der Waals surface area contributed by atoms with Crippen LogP contribution in [0.25, 0.3) is 11.0 Å². The first-order chi connectivity index (χ1) is 11.9. The monoisotopic (exact) mass is 349 g/mol. The molecular weight excluding hydrogens is 329 g/mol. The first kappa shape index (κ1) is 17.3. The molecule has 2 unspecified atom stereocenters.